The zero-order valence-corrected chi connectivity index (χ0v) is 16.9. The van der Waals surface area contributed by atoms with Gasteiger partial charge in [0.05, 0.1) is 11.6 Å². The summed E-state index contributed by atoms with van der Waals surface area (Å²) in [5.74, 6) is -0.728. The molecule has 0 radical (unpaired) electrons. The van der Waals surface area contributed by atoms with E-state index in [0.717, 1.165) is 0 Å². The lowest BCUT2D eigenvalue weighted by atomic mass is 9.97. The van der Waals surface area contributed by atoms with Crippen molar-refractivity contribution in [2.75, 3.05) is 33.7 Å². The Balaban J connectivity index is 2.04. The summed E-state index contributed by atoms with van der Waals surface area (Å²) >= 11 is 11.9. The summed E-state index contributed by atoms with van der Waals surface area (Å²) in [6.07, 6.45) is 0.767. The molecule has 0 aromatic heterocycles. The standard InChI is InChI=1S/C16H21Cl2N3O4S/c1-19-15(22)10-20(2)16(23)11-5-7-21(8-6-11)26(24,25)14-9-12(17)3-4-13(14)18/h3-4,9,11H,5-8,10H2,1-2H3,(H,19,22). The van der Waals surface area contributed by atoms with Crippen LogP contribution in [0.5, 0.6) is 0 Å². The maximum Gasteiger partial charge on any atom is 0.244 e. The quantitative estimate of drug-likeness (QED) is 0.781. The molecule has 2 amide bonds. The van der Waals surface area contributed by atoms with Crippen LogP contribution in [0.15, 0.2) is 23.1 Å². The highest BCUT2D eigenvalue weighted by Crippen LogP contribution is 2.30. The molecule has 1 aromatic carbocycles. The molecule has 0 spiro atoms. The first-order valence-electron chi connectivity index (χ1n) is 8.07. The van der Waals surface area contributed by atoms with E-state index in [9.17, 15) is 18.0 Å². The minimum atomic E-state index is -3.78. The maximum atomic E-state index is 12.8. The van der Waals surface area contributed by atoms with Gasteiger partial charge >= 0.3 is 0 Å². The molecule has 1 N–H and O–H groups in total. The third-order valence-electron chi connectivity index (χ3n) is 4.35. The van der Waals surface area contributed by atoms with Crippen molar-refractivity contribution < 1.29 is 18.0 Å². The average Bonchev–Trinajstić information content (AvgIpc) is 2.62. The molecule has 1 fully saturated rings. The SMILES string of the molecule is CNC(=O)CN(C)C(=O)C1CCN(S(=O)(=O)c2cc(Cl)ccc2Cl)CC1. The van der Waals surface area contributed by atoms with Crippen LogP contribution in [0.4, 0.5) is 0 Å². The number of carbonyl (C=O) groups is 2. The van der Waals surface area contributed by atoms with Gasteiger partial charge in [-0.1, -0.05) is 23.2 Å². The Kier molecular flexibility index (Phi) is 6.90. The minimum absolute atomic E-state index is 0.0219. The largest absolute Gasteiger partial charge is 0.358 e. The van der Waals surface area contributed by atoms with Crippen molar-refractivity contribution in [2.24, 2.45) is 5.92 Å². The number of nitrogens with one attached hydrogen (secondary N) is 1. The summed E-state index contributed by atoms with van der Waals surface area (Å²) in [4.78, 5) is 25.1. The first kappa shape index (κ1) is 21.0. The van der Waals surface area contributed by atoms with Crippen LogP contribution in [-0.4, -0.2) is 63.2 Å². The smallest absolute Gasteiger partial charge is 0.244 e. The molecular formula is C16H21Cl2N3O4S. The highest BCUT2D eigenvalue weighted by Gasteiger charge is 2.34. The van der Waals surface area contributed by atoms with Gasteiger partial charge in [-0.15, -0.1) is 0 Å². The molecule has 1 aromatic rings. The van der Waals surface area contributed by atoms with Crippen LogP contribution in [0.1, 0.15) is 12.8 Å². The third kappa shape index (κ3) is 4.68. The van der Waals surface area contributed by atoms with Crippen LogP contribution in [0.25, 0.3) is 0 Å². The van der Waals surface area contributed by atoms with E-state index >= 15 is 0 Å². The van der Waals surface area contributed by atoms with Crippen molar-refractivity contribution >= 4 is 45.0 Å². The summed E-state index contributed by atoms with van der Waals surface area (Å²) in [7, 11) is -0.713. The van der Waals surface area contributed by atoms with Crippen LogP contribution in [0, 0.1) is 5.92 Å². The fourth-order valence-corrected chi connectivity index (χ4v) is 5.05. The monoisotopic (exact) mass is 421 g/mol. The number of hydrogen-bond donors (Lipinski definition) is 1. The average molecular weight is 422 g/mol. The number of likely N-dealkylation sites (N-methyl/N-ethyl adjacent to an activating group) is 2. The molecule has 0 aliphatic carbocycles. The molecule has 0 saturated carbocycles. The summed E-state index contributed by atoms with van der Waals surface area (Å²) in [5, 5.41) is 2.86. The van der Waals surface area contributed by atoms with Gasteiger partial charge in [-0.3, -0.25) is 9.59 Å². The second-order valence-electron chi connectivity index (χ2n) is 6.12. The van der Waals surface area contributed by atoms with E-state index in [-0.39, 0.29) is 52.3 Å². The summed E-state index contributed by atoms with van der Waals surface area (Å²) < 4.78 is 26.9. The predicted octanol–water partition coefficient (Wildman–Crippen LogP) is 1.60. The van der Waals surface area contributed by atoms with Gasteiger partial charge in [0.25, 0.3) is 0 Å². The van der Waals surface area contributed by atoms with Crippen molar-refractivity contribution in [2.45, 2.75) is 17.7 Å². The van der Waals surface area contributed by atoms with Crippen molar-refractivity contribution in [3.8, 4) is 0 Å². The lowest BCUT2D eigenvalue weighted by Crippen LogP contribution is -2.45. The van der Waals surface area contributed by atoms with Gasteiger partial charge in [-0.25, -0.2) is 8.42 Å². The topological polar surface area (TPSA) is 86.8 Å². The Morgan fingerprint density at radius 1 is 1.27 bits per heavy atom. The van der Waals surface area contributed by atoms with Crippen LogP contribution < -0.4 is 5.32 Å². The highest BCUT2D eigenvalue weighted by atomic mass is 35.5. The Hall–Kier alpha value is -1.35. The molecule has 0 bridgehead atoms. The second-order valence-corrected chi connectivity index (χ2v) is 8.87. The van der Waals surface area contributed by atoms with E-state index in [1.54, 1.807) is 7.05 Å². The fourth-order valence-electron chi connectivity index (χ4n) is 2.84. The van der Waals surface area contributed by atoms with E-state index in [1.165, 1.54) is 34.5 Å². The van der Waals surface area contributed by atoms with Gasteiger partial charge in [0.2, 0.25) is 21.8 Å². The van der Waals surface area contributed by atoms with E-state index in [4.69, 9.17) is 23.2 Å². The normalized spacial score (nSPS) is 16.3. The number of hydrogen-bond acceptors (Lipinski definition) is 4. The Morgan fingerprint density at radius 2 is 1.88 bits per heavy atom. The van der Waals surface area contributed by atoms with Crippen LogP contribution in [0.3, 0.4) is 0 Å². The maximum absolute atomic E-state index is 12.8. The number of halogens is 2. The minimum Gasteiger partial charge on any atom is -0.358 e. The molecule has 0 atom stereocenters. The van der Waals surface area contributed by atoms with Gasteiger partial charge in [0.15, 0.2) is 0 Å². The van der Waals surface area contributed by atoms with Gasteiger partial charge in [-0.05, 0) is 31.0 Å². The molecule has 26 heavy (non-hydrogen) atoms. The molecule has 1 aliphatic rings. The number of carbonyl (C=O) groups excluding carboxylic acids is 2. The van der Waals surface area contributed by atoms with E-state index < -0.39 is 10.0 Å². The molecule has 7 nitrogen and oxygen atoms in total. The Morgan fingerprint density at radius 3 is 2.46 bits per heavy atom. The number of nitrogens with zero attached hydrogens (tertiary/aromatic N) is 2. The van der Waals surface area contributed by atoms with Gasteiger partial charge in [0, 0.05) is 38.1 Å². The molecule has 1 saturated heterocycles. The number of piperidine rings is 1. The molecule has 10 heteroatoms. The van der Waals surface area contributed by atoms with Gasteiger partial charge in [0.1, 0.15) is 4.90 Å². The van der Waals surface area contributed by atoms with E-state index in [1.807, 2.05) is 0 Å². The van der Waals surface area contributed by atoms with Crippen LogP contribution in [-0.2, 0) is 19.6 Å². The summed E-state index contributed by atoms with van der Waals surface area (Å²) in [5.41, 5.74) is 0. The van der Waals surface area contributed by atoms with Crippen molar-refractivity contribution in [1.82, 2.24) is 14.5 Å². The molecule has 1 heterocycles. The molecule has 1 aliphatic heterocycles. The van der Waals surface area contributed by atoms with Crippen LogP contribution in [0.2, 0.25) is 10.0 Å². The number of amides is 2. The Labute approximate surface area is 163 Å². The van der Waals surface area contributed by atoms with Crippen molar-refractivity contribution in [1.29, 1.82) is 0 Å². The van der Waals surface area contributed by atoms with E-state index in [0.29, 0.717) is 12.8 Å². The van der Waals surface area contributed by atoms with Crippen LogP contribution >= 0.6 is 23.2 Å². The lowest BCUT2D eigenvalue weighted by molar-refractivity contribution is -0.138. The molecular weight excluding hydrogens is 401 g/mol. The number of benzene rings is 1. The summed E-state index contributed by atoms with van der Waals surface area (Å²) in [6.45, 7) is 0.386. The second kappa shape index (κ2) is 8.56. The highest BCUT2D eigenvalue weighted by molar-refractivity contribution is 7.89. The Bertz CT molecular complexity index is 793. The number of sulfonamides is 1. The molecule has 2 rings (SSSR count). The lowest BCUT2D eigenvalue weighted by Gasteiger charge is -2.32. The predicted molar refractivity (Wildman–Crippen MR) is 99.6 cm³/mol. The number of rotatable bonds is 5. The fraction of sp³-hybridized carbons (Fsp3) is 0.500. The van der Waals surface area contributed by atoms with E-state index in [2.05, 4.69) is 5.32 Å². The summed E-state index contributed by atoms with van der Waals surface area (Å²) in [6, 6.07) is 4.30. The molecule has 0 unspecified atom stereocenters. The van der Waals surface area contributed by atoms with Gasteiger partial charge in [-0.2, -0.15) is 4.31 Å². The first-order valence-corrected chi connectivity index (χ1v) is 10.3. The van der Waals surface area contributed by atoms with Gasteiger partial charge < -0.3 is 10.2 Å². The third-order valence-corrected chi connectivity index (χ3v) is 6.97. The first-order chi connectivity index (χ1) is 12.2. The zero-order valence-electron chi connectivity index (χ0n) is 14.5. The zero-order chi connectivity index (χ0) is 19.5. The van der Waals surface area contributed by atoms with Crippen molar-refractivity contribution in [3.63, 3.8) is 0 Å². The molecule has 144 valence electrons. The van der Waals surface area contributed by atoms with Crippen molar-refractivity contribution in [3.05, 3.63) is 28.2 Å².